The minimum Gasteiger partial charge on any atom is -0.316 e. The third-order valence-corrected chi connectivity index (χ3v) is 5.00. The van der Waals surface area contributed by atoms with Gasteiger partial charge in [-0.05, 0) is 55.8 Å². The number of nitrogens with one attached hydrogen (secondary N) is 1. The molecule has 1 aromatic carbocycles. The average molecular weight is 310 g/mol. The van der Waals surface area contributed by atoms with Crippen molar-refractivity contribution in [1.82, 2.24) is 5.32 Å². The molecule has 1 aliphatic rings. The number of hydrogen-bond acceptors (Lipinski definition) is 1. The lowest BCUT2D eigenvalue weighted by Crippen LogP contribution is -2.34. The topological polar surface area (TPSA) is 12.0 Å². The first-order chi connectivity index (χ1) is 8.72. The lowest BCUT2D eigenvalue weighted by Gasteiger charge is -2.23. The molecule has 1 aliphatic carbocycles. The Morgan fingerprint density at radius 3 is 2.56 bits per heavy atom. The molecular weight excluding hydrogens is 286 g/mol. The summed E-state index contributed by atoms with van der Waals surface area (Å²) in [6, 6.07) is 9.40. The minimum absolute atomic E-state index is 0.641. The Kier molecular flexibility index (Phi) is 5.25. The second-order valence-corrected chi connectivity index (χ2v) is 6.49. The van der Waals surface area contributed by atoms with Gasteiger partial charge in [-0.3, -0.25) is 0 Å². The highest BCUT2D eigenvalue weighted by atomic mass is 79.9. The lowest BCUT2D eigenvalue weighted by atomic mass is 9.91. The maximum Gasteiger partial charge on any atom is 0.0175 e. The van der Waals surface area contributed by atoms with Crippen molar-refractivity contribution in [2.24, 2.45) is 11.8 Å². The molecule has 1 nitrogen and oxygen atoms in total. The molecule has 0 aromatic heterocycles. The van der Waals surface area contributed by atoms with Gasteiger partial charge in [-0.15, -0.1) is 0 Å². The van der Waals surface area contributed by atoms with E-state index < -0.39 is 0 Å². The first-order valence-corrected chi connectivity index (χ1v) is 7.94. The van der Waals surface area contributed by atoms with E-state index in [1.54, 1.807) is 0 Å². The van der Waals surface area contributed by atoms with Crippen LogP contribution < -0.4 is 5.32 Å². The average Bonchev–Trinajstić information content (AvgIpc) is 2.87. The van der Waals surface area contributed by atoms with Crippen molar-refractivity contribution in [3.63, 3.8) is 0 Å². The number of rotatable bonds is 5. The zero-order valence-electron chi connectivity index (χ0n) is 11.5. The van der Waals surface area contributed by atoms with Crippen molar-refractivity contribution in [2.45, 2.75) is 45.1 Å². The largest absolute Gasteiger partial charge is 0.316 e. The Bertz CT molecular complexity index is 360. The van der Waals surface area contributed by atoms with Crippen LogP contribution in [-0.4, -0.2) is 13.1 Å². The third kappa shape index (κ3) is 3.58. The van der Waals surface area contributed by atoms with Gasteiger partial charge in [0.1, 0.15) is 0 Å². The van der Waals surface area contributed by atoms with Crippen LogP contribution >= 0.6 is 15.9 Å². The molecule has 3 atom stereocenters. The SMILES string of the molecule is CCC1CCC(C(Cc2ccc(Br)cc2)NC)C1. The van der Waals surface area contributed by atoms with Gasteiger partial charge in [-0.2, -0.15) is 0 Å². The van der Waals surface area contributed by atoms with Gasteiger partial charge in [0.15, 0.2) is 0 Å². The maximum absolute atomic E-state index is 3.54. The van der Waals surface area contributed by atoms with Crippen LogP contribution in [0.1, 0.15) is 38.2 Å². The molecule has 0 heterocycles. The van der Waals surface area contributed by atoms with E-state index in [9.17, 15) is 0 Å². The van der Waals surface area contributed by atoms with Crippen LogP contribution in [0.2, 0.25) is 0 Å². The van der Waals surface area contributed by atoms with E-state index in [1.807, 2.05) is 0 Å². The third-order valence-electron chi connectivity index (χ3n) is 4.47. The fourth-order valence-corrected chi connectivity index (χ4v) is 3.49. The van der Waals surface area contributed by atoms with Gasteiger partial charge in [0.2, 0.25) is 0 Å². The second-order valence-electron chi connectivity index (χ2n) is 5.57. The predicted molar refractivity (Wildman–Crippen MR) is 81.8 cm³/mol. The fraction of sp³-hybridized carbons (Fsp3) is 0.625. The van der Waals surface area contributed by atoms with E-state index in [0.29, 0.717) is 6.04 Å². The normalized spacial score (nSPS) is 25.3. The van der Waals surface area contributed by atoms with Crippen LogP contribution in [0.5, 0.6) is 0 Å². The molecule has 1 N–H and O–H groups in total. The van der Waals surface area contributed by atoms with Crippen molar-refractivity contribution in [1.29, 1.82) is 0 Å². The van der Waals surface area contributed by atoms with Crippen molar-refractivity contribution in [3.05, 3.63) is 34.3 Å². The minimum atomic E-state index is 0.641. The Balaban J connectivity index is 1.95. The van der Waals surface area contributed by atoms with Gasteiger partial charge in [0.25, 0.3) is 0 Å². The smallest absolute Gasteiger partial charge is 0.0175 e. The zero-order chi connectivity index (χ0) is 13.0. The van der Waals surface area contributed by atoms with Gasteiger partial charge in [0.05, 0.1) is 0 Å². The van der Waals surface area contributed by atoms with Crippen molar-refractivity contribution >= 4 is 15.9 Å². The summed E-state index contributed by atoms with van der Waals surface area (Å²) in [6.07, 6.45) is 6.76. The maximum atomic E-state index is 3.54. The van der Waals surface area contributed by atoms with E-state index in [-0.39, 0.29) is 0 Å². The van der Waals surface area contributed by atoms with E-state index in [0.717, 1.165) is 18.3 Å². The van der Waals surface area contributed by atoms with Crippen LogP contribution in [0.25, 0.3) is 0 Å². The van der Waals surface area contributed by atoms with Crippen LogP contribution in [0.15, 0.2) is 28.7 Å². The summed E-state index contributed by atoms with van der Waals surface area (Å²) < 4.78 is 1.17. The Labute approximate surface area is 119 Å². The second kappa shape index (κ2) is 6.72. The fourth-order valence-electron chi connectivity index (χ4n) is 3.23. The summed E-state index contributed by atoms with van der Waals surface area (Å²) in [5, 5.41) is 3.54. The molecule has 0 saturated heterocycles. The van der Waals surface area contributed by atoms with Gasteiger partial charge in [-0.1, -0.05) is 47.8 Å². The van der Waals surface area contributed by atoms with Gasteiger partial charge < -0.3 is 5.32 Å². The molecule has 2 heteroatoms. The zero-order valence-corrected chi connectivity index (χ0v) is 13.0. The standard InChI is InChI=1S/C16H24BrN/c1-3-12-4-7-14(10-12)16(18-2)11-13-5-8-15(17)9-6-13/h5-6,8-9,12,14,16,18H,3-4,7,10-11H2,1-2H3. The Morgan fingerprint density at radius 1 is 1.28 bits per heavy atom. The summed E-state index contributed by atoms with van der Waals surface area (Å²) in [5.74, 6) is 1.83. The molecule has 0 radical (unpaired) electrons. The molecule has 1 fully saturated rings. The Hall–Kier alpha value is -0.340. The number of likely N-dealkylation sites (N-methyl/N-ethyl adjacent to an activating group) is 1. The van der Waals surface area contributed by atoms with E-state index in [1.165, 1.54) is 35.7 Å². The molecule has 1 aromatic rings. The van der Waals surface area contributed by atoms with Gasteiger partial charge in [-0.25, -0.2) is 0 Å². The number of hydrogen-bond donors (Lipinski definition) is 1. The van der Waals surface area contributed by atoms with Crippen LogP contribution in [-0.2, 0) is 6.42 Å². The molecule has 2 rings (SSSR count). The van der Waals surface area contributed by atoms with Crippen LogP contribution in [0.4, 0.5) is 0 Å². The highest BCUT2D eigenvalue weighted by molar-refractivity contribution is 9.10. The first-order valence-electron chi connectivity index (χ1n) is 7.14. The summed E-state index contributed by atoms with van der Waals surface area (Å²) in [5.41, 5.74) is 1.44. The summed E-state index contributed by atoms with van der Waals surface area (Å²) in [6.45, 7) is 2.33. The predicted octanol–water partition coefficient (Wildman–Crippen LogP) is 4.41. The van der Waals surface area contributed by atoms with Crippen LogP contribution in [0.3, 0.4) is 0 Å². The van der Waals surface area contributed by atoms with Crippen molar-refractivity contribution < 1.29 is 0 Å². The summed E-state index contributed by atoms with van der Waals surface area (Å²) in [4.78, 5) is 0. The van der Waals surface area contributed by atoms with Gasteiger partial charge >= 0.3 is 0 Å². The lowest BCUT2D eigenvalue weighted by molar-refractivity contribution is 0.361. The molecule has 100 valence electrons. The highest BCUT2D eigenvalue weighted by Gasteiger charge is 2.29. The van der Waals surface area contributed by atoms with Crippen molar-refractivity contribution in [3.8, 4) is 0 Å². The highest BCUT2D eigenvalue weighted by Crippen LogP contribution is 2.35. The molecule has 18 heavy (non-hydrogen) atoms. The molecule has 0 amide bonds. The molecular formula is C16H24BrN. The first kappa shape index (κ1) is 14.1. The quantitative estimate of drug-likeness (QED) is 0.849. The van der Waals surface area contributed by atoms with E-state index in [4.69, 9.17) is 0 Å². The number of halogens is 1. The Morgan fingerprint density at radius 2 is 2.00 bits per heavy atom. The number of benzene rings is 1. The monoisotopic (exact) mass is 309 g/mol. The van der Waals surface area contributed by atoms with E-state index >= 15 is 0 Å². The van der Waals surface area contributed by atoms with Crippen molar-refractivity contribution in [2.75, 3.05) is 7.05 Å². The summed E-state index contributed by atoms with van der Waals surface area (Å²) >= 11 is 3.50. The molecule has 3 unspecified atom stereocenters. The van der Waals surface area contributed by atoms with E-state index in [2.05, 4.69) is 59.5 Å². The summed E-state index contributed by atoms with van der Waals surface area (Å²) in [7, 11) is 2.11. The molecule has 0 aliphatic heterocycles. The molecule has 0 spiro atoms. The molecule has 1 saturated carbocycles. The van der Waals surface area contributed by atoms with Gasteiger partial charge in [0, 0.05) is 10.5 Å². The van der Waals surface area contributed by atoms with Crippen LogP contribution in [0, 0.1) is 11.8 Å². The molecule has 0 bridgehead atoms.